The Bertz CT molecular complexity index is 627. The third kappa shape index (κ3) is 5.69. The number of amides is 1. The van der Waals surface area contributed by atoms with Crippen molar-refractivity contribution in [3.05, 3.63) is 33.9 Å². The molecule has 0 aliphatic carbocycles. The lowest BCUT2D eigenvalue weighted by Crippen LogP contribution is -2.39. The van der Waals surface area contributed by atoms with Crippen molar-refractivity contribution in [3.8, 4) is 0 Å². The highest BCUT2D eigenvalue weighted by atomic mass is 16.6. The van der Waals surface area contributed by atoms with Gasteiger partial charge in [-0.15, -0.1) is 0 Å². The van der Waals surface area contributed by atoms with E-state index in [0.717, 1.165) is 24.9 Å². The lowest BCUT2D eigenvalue weighted by Gasteiger charge is -2.30. The Morgan fingerprint density at radius 1 is 1.27 bits per heavy atom. The molecule has 1 aliphatic rings. The molecule has 0 radical (unpaired) electrons. The summed E-state index contributed by atoms with van der Waals surface area (Å²) in [4.78, 5) is 25.5. The number of nitrogens with zero attached hydrogens (tertiary/aromatic N) is 2. The number of hydrogen-bond donors (Lipinski definition) is 1. The van der Waals surface area contributed by atoms with E-state index >= 15 is 0 Å². The fourth-order valence-corrected chi connectivity index (χ4v) is 3.11. The Hall–Kier alpha value is -2.15. The number of nitro benzene ring substituents is 1. The highest BCUT2D eigenvalue weighted by Crippen LogP contribution is 2.26. The van der Waals surface area contributed by atoms with Gasteiger partial charge in [0.2, 0.25) is 0 Å². The van der Waals surface area contributed by atoms with Crippen LogP contribution in [-0.4, -0.2) is 43.2 Å². The molecule has 144 valence electrons. The highest BCUT2D eigenvalue weighted by molar-refractivity contribution is 6.00. The summed E-state index contributed by atoms with van der Waals surface area (Å²) in [5.74, 6) is 0.384. The molecule has 1 aromatic carbocycles. The van der Waals surface area contributed by atoms with Gasteiger partial charge in [-0.25, -0.2) is 0 Å². The van der Waals surface area contributed by atoms with Gasteiger partial charge in [-0.3, -0.25) is 14.9 Å². The van der Waals surface area contributed by atoms with E-state index in [2.05, 4.69) is 19.2 Å². The number of anilines is 1. The van der Waals surface area contributed by atoms with E-state index in [1.54, 1.807) is 6.07 Å². The summed E-state index contributed by atoms with van der Waals surface area (Å²) >= 11 is 0. The molecule has 0 aromatic heterocycles. The van der Waals surface area contributed by atoms with Crippen molar-refractivity contribution in [3.63, 3.8) is 0 Å². The smallest absolute Gasteiger partial charge is 0.270 e. The van der Waals surface area contributed by atoms with Crippen molar-refractivity contribution in [2.45, 2.75) is 46.1 Å². The van der Waals surface area contributed by atoms with Crippen LogP contribution in [0.2, 0.25) is 0 Å². The van der Waals surface area contributed by atoms with E-state index in [1.165, 1.54) is 12.1 Å². The van der Waals surface area contributed by atoms with Gasteiger partial charge < -0.3 is 15.0 Å². The first kappa shape index (κ1) is 20.2. The first-order chi connectivity index (χ1) is 12.4. The van der Waals surface area contributed by atoms with Gasteiger partial charge in [-0.05, 0) is 25.3 Å². The molecule has 1 atom stereocenters. The maximum absolute atomic E-state index is 12.8. The molecule has 1 aromatic rings. The summed E-state index contributed by atoms with van der Waals surface area (Å²) in [7, 11) is 0. The van der Waals surface area contributed by atoms with Gasteiger partial charge in [0, 0.05) is 31.3 Å². The Morgan fingerprint density at radius 3 is 2.58 bits per heavy atom. The van der Waals surface area contributed by atoms with Crippen LogP contribution in [0.1, 0.15) is 50.4 Å². The van der Waals surface area contributed by atoms with Crippen LogP contribution in [0, 0.1) is 16.0 Å². The monoisotopic (exact) mass is 363 g/mol. The van der Waals surface area contributed by atoms with E-state index in [1.807, 2.05) is 11.8 Å². The average molecular weight is 363 g/mol. The van der Waals surface area contributed by atoms with Gasteiger partial charge >= 0.3 is 0 Å². The van der Waals surface area contributed by atoms with Gasteiger partial charge in [0.1, 0.15) is 0 Å². The largest absolute Gasteiger partial charge is 0.378 e. The molecule has 7 nitrogen and oxygen atoms in total. The predicted octanol–water partition coefficient (Wildman–Crippen LogP) is 3.38. The Kier molecular flexibility index (Phi) is 7.38. The van der Waals surface area contributed by atoms with Crippen LogP contribution in [0.25, 0.3) is 0 Å². The first-order valence-corrected chi connectivity index (χ1v) is 9.30. The maximum Gasteiger partial charge on any atom is 0.270 e. The van der Waals surface area contributed by atoms with E-state index < -0.39 is 4.92 Å². The molecule has 1 aliphatic heterocycles. The van der Waals surface area contributed by atoms with Crippen LogP contribution < -0.4 is 10.2 Å². The number of nitro groups is 1. The Balaban J connectivity index is 2.14. The second-order valence-corrected chi connectivity index (χ2v) is 7.26. The SMILES string of the molecule is CC(C)CCCC(C)NC(=O)c1cc([N+](=O)[O-])ccc1N1CCOCC1. The topological polar surface area (TPSA) is 84.7 Å². The molecular formula is C19H29N3O4. The van der Waals surface area contributed by atoms with Crippen molar-refractivity contribution in [2.75, 3.05) is 31.2 Å². The second kappa shape index (κ2) is 9.52. The zero-order valence-electron chi connectivity index (χ0n) is 15.9. The van der Waals surface area contributed by atoms with Crippen LogP contribution in [0.4, 0.5) is 11.4 Å². The zero-order valence-corrected chi connectivity index (χ0v) is 15.9. The van der Waals surface area contributed by atoms with Crippen LogP contribution >= 0.6 is 0 Å². The standard InChI is InChI=1S/C19H29N3O4/c1-14(2)5-4-6-15(3)20-19(23)17-13-16(22(24)25)7-8-18(17)21-9-11-26-12-10-21/h7-8,13-15H,4-6,9-12H2,1-3H3,(H,20,23). The highest BCUT2D eigenvalue weighted by Gasteiger charge is 2.22. The Labute approximate surface area is 154 Å². The van der Waals surface area contributed by atoms with Gasteiger partial charge in [0.05, 0.1) is 29.4 Å². The third-order valence-electron chi connectivity index (χ3n) is 4.58. The van der Waals surface area contributed by atoms with Crippen LogP contribution in [0.3, 0.4) is 0 Å². The molecule has 1 saturated heterocycles. The van der Waals surface area contributed by atoms with Gasteiger partial charge in [0.25, 0.3) is 11.6 Å². The second-order valence-electron chi connectivity index (χ2n) is 7.26. The number of carbonyl (C=O) groups excluding carboxylic acids is 1. The first-order valence-electron chi connectivity index (χ1n) is 9.30. The third-order valence-corrected chi connectivity index (χ3v) is 4.58. The molecule has 1 unspecified atom stereocenters. The van der Waals surface area contributed by atoms with Crippen molar-refractivity contribution in [1.82, 2.24) is 5.32 Å². The number of carbonyl (C=O) groups is 1. The minimum absolute atomic E-state index is 0.0260. The molecule has 26 heavy (non-hydrogen) atoms. The molecular weight excluding hydrogens is 334 g/mol. The summed E-state index contributed by atoms with van der Waals surface area (Å²) in [6.45, 7) is 8.85. The fourth-order valence-electron chi connectivity index (χ4n) is 3.11. The summed E-state index contributed by atoms with van der Waals surface area (Å²) in [5.41, 5.74) is 1.02. The number of nitrogens with one attached hydrogen (secondary N) is 1. The van der Waals surface area contributed by atoms with Crippen LogP contribution in [0.5, 0.6) is 0 Å². The van der Waals surface area contributed by atoms with Gasteiger partial charge in [-0.2, -0.15) is 0 Å². The van der Waals surface area contributed by atoms with Crippen molar-refractivity contribution < 1.29 is 14.5 Å². The lowest BCUT2D eigenvalue weighted by atomic mass is 10.0. The minimum Gasteiger partial charge on any atom is -0.378 e. The molecule has 1 N–H and O–H groups in total. The zero-order chi connectivity index (χ0) is 19.1. The number of morpholine rings is 1. The van der Waals surface area contributed by atoms with E-state index in [4.69, 9.17) is 4.74 Å². The predicted molar refractivity (Wildman–Crippen MR) is 102 cm³/mol. The number of benzene rings is 1. The minimum atomic E-state index is -0.466. The quantitative estimate of drug-likeness (QED) is 0.565. The molecule has 1 amide bonds. The summed E-state index contributed by atoms with van der Waals surface area (Å²) in [6, 6.07) is 4.52. The molecule has 0 saturated carbocycles. The molecule has 2 rings (SSSR count). The summed E-state index contributed by atoms with van der Waals surface area (Å²) < 4.78 is 5.36. The van der Waals surface area contributed by atoms with E-state index in [9.17, 15) is 14.9 Å². The van der Waals surface area contributed by atoms with Crippen LogP contribution in [-0.2, 0) is 4.74 Å². The number of non-ortho nitro benzene ring substituents is 1. The van der Waals surface area contributed by atoms with E-state index in [0.29, 0.717) is 37.8 Å². The number of hydrogen-bond acceptors (Lipinski definition) is 5. The molecule has 1 heterocycles. The van der Waals surface area contributed by atoms with Crippen LogP contribution in [0.15, 0.2) is 18.2 Å². The molecule has 1 fully saturated rings. The molecule has 7 heteroatoms. The normalized spacial score (nSPS) is 15.8. The Morgan fingerprint density at radius 2 is 1.96 bits per heavy atom. The molecule has 0 spiro atoms. The molecule has 0 bridgehead atoms. The lowest BCUT2D eigenvalue weighted by molar-refractivity contribution is -0.384. The van der Waals surface area contributed by atoms with Crippen molar-refractivity contribution in [2.24, 2.45) is 5.92 Å². The number of rotatable bonds is 8. The summed E-state index contributed by atoms with van der Waals surface area (Å²) in [5, 5.41) is 14.1. The van der Waals surface area contributed by atoms with Gasteiger partial charge in [-0.1, -0.05) is 26.7 Å². The van der Waals surface area contributed by atoms with Crippen molar-refractivity contribution in [1.29, 1.82) is 0 Å². The van der Waals surface area contributed by atoms with Crippen molar-refractivity contribution >= 4 is 17.3 Å². The average Bonchev–Trinajstić information content (AvgIpc) is 2.61. The maximum atomic E-state index is 12.8. The fraction of sp³-hybridized carbons (Fsp3) is 0.632. The summed E-state index contributed by atoms with van der Waals surface area (Å²) in [6.07, 6.45) is 3.06. The van der Waals surface area contributed by atoms with E-state index in [-0.39, 0.29) is 17.6 Å². The van der Waals surface area contributed by atoms with Gasteiger partial charge in [0.15, 0.2) is 0 Å². The number of ether oxygens (including phenoxy) is 1.